The van der Waals surface area contributed by atoms with E-state index in [9.17, 15) is 0 Å². The van der Waals surface area contributed by atoms with Gasteiger partial charge >= 0.3 is 0 Å². The first-order valence-electron chi connectivity index (χ1n) is 19.8. The highest BCUT2D eigenvalue weighted by Crippen LogP contribution is 2.56. The Hall–Kier alpha value is -4.62. The van der Waals surface area contributed by atoms with E-state index >= 15 is 0 Å². The van der Waals surface area contributed by atoms with Crippen molar-refractivity contribution < 1.29 is 0 Å². The number of benzene rings is 6. The van der Waals surface area contributed by atoms with Gasteiger partial charge in [0.2, 0.25) is 0 Å². The molecule has 10 rings (SSSR count). The first-order chi connectivity index (χ1) is 25.0. The normalized spacial score (nSPS) is 21.9. The fourth-order valence-electron chi connectivity index (χ4n) is 11.0. The summed E-state index contributed by atoms with van der Waals surface area (Å²) in [5.74, 6) is 3.16. The quantitative estimate of drug-likeness (QED) is 0.171. The lowest BCUT2D eigenvalue weighted by atomic mass is 9.81. The van der Waals surface area contributed by atoms with Crippen LogP contribution in [0, 0.1) is 11.8 Å². The molecule has 2 bridgehead atoms. The zero-order valence-corrected chi connectivity index (χ0v) is 30.2. The van der Waals surface area contributed by atoms with Gasteiger partial charge in [0, 0.05) is 22.5 Å². The van der Waals surface area contributed by atoms with E-state index in [-0.39, 0.29) is 5.41 Å². The van der Waals surface area contributed by atoms with Gasteiger partial charge in [0.25, 0.3) is 0 Å². The Morgan fingerprint density at radius 3 is 2.14 bits per heavy atom. The van der Waals surface area contributed by atoms with Crippen molar-refractivity contribution in [1.82, 2.24) is 0 Å². The molecule has 0 N–H and O–H groups in total. The molecular formula is C50H49N. The van der Waals surface area contributed by atoms with Gasteiger partial charge in [0.05, 0.1) is 0 Å². The van der Waals surface area contributed by atoms with Gasteiger partial charge in [0.15, 0.2) is 0 Å². The molecule has 3 unspecified atom stereocenters. The zero-order chi connectivity index (χ0) is 34.1. The van der Waals surface area contributed by atoms with E-state index in [1.807, 2.05) is 0 Å². The van der Waals surface area contributed by atoms with Crippen molar-refractivity contribution in [3.8, 4) is 22.3 Å². The summed E-state index contributed by atoms with van der Waals surface area (Å²) in [5.41, 5.74) is 15.0. The summed E-state index contributed by atoms with van der Waals surface area (Å²) in [4.78, 5) is 2.63. The van der Waals surface area contributed by atoms with E-state index in [1.54, 1.807) is 5.56 Å². The third-order valence-electron chi connectivity index (χ3n) is 13.5. The van der Waals surface area contributed by atoms with Crippen molar-refractivity contribution in [2.24, 2.45) is 11.8 Å². The predicted molar refractivity (Wildman–Crippen MR) is 216 cm³/mol. The molecule has 0 spiro atoms. The van der Waals surface area contributed by atoms with Crippen LogP contribution in [0.15, 0.2) is 127 Å². The third kappa shape index (κ3) is 5.10. The number of anilines is 3. The molecule has 1 nitrogen and oxygen atoms in total. The lowest BCUT2D eigenvalue weighted by Crippen LogP contribution is -2.18. The predicted octanol–water partition coefficient (Wildman–Crippen LogP) is 14.2. The monoisotopic (exact) mass is 663 g/mol. The molecule has 0 heterocycles. The maximum Gasteiger partial charge on any atom is 0.0496 e. The number of fused-ring (bicyclic) bond motifs is 6. The smallest absolute Gasteiger partial charge is 0.0496 e. The van der Waals surface area contributed by atoms with E-state index in [1.165, 1.54) is 125 Å². The van der Waals surface area contributed by atoms with Crippen molar-refractivity contribution in [3.63, 3.8) is 0 Å². The number of hydrogen-bond donors (Lipinski definition) is 0. The second-order valence-corrected chi connectivity index (χ2v) is 16.7. The SMILES string of the molecule is CC1(C)c2ccccc2-c2c(-c3cccc4ccccc34)cc(N(c3ccc(C4CC5CCC4C5)cc3)c3ccccc3C3CCCCC3)cc21. The van der Waals surface area contributed by atoms with E-state index in [4.69, 9.17) is 0 Å². The second-order valence-electron chi connectivity index (χ2n) is 16.7. The second kappa shape index (κ2) is 12.3. The molecule has 3 fully saturated rings. The summed E-state index contributed by atoms with van der Waals surface area (Å²) in [7, 11) is 0. The maximum absolute atomic E-state index is 2.63. The number of hydrogen-bond acceptors (Lipinski definition) is 1. The molecule has 51 heavy (non-hydrogen) atoms. The number of rotatable bonds is 6. The Morgan fingerprint density at radius 1 is 0.569 bits per heavy atom. The summed E-state index contributed by atoms with van der Waals surface area (Å²) in [6, 6.07) is 49.2. The summed E-state index contributed by atoms with van der Waals surface area (Å²) in [6.45, 7) is 4.86. The summed E-state index contributed by atoms with van der Waals surface area (Å²) in [5, 5.41) is 2.60. The van der Waals surface area contributed by atoms with Crippen LogP contribution >= 0.6 is 0 Å². The lowest BCUT2D eigenvalue weighted by Gasteiger charge is -2.33. The average molecular weight is 664 g/mol. The van der Waals surface area contributed by atoms with Gasteiger partial charge in [-0.15, -0.1) is 0 Å². The summed E-state index contributed by atoms with van der Waals surface area (Å²) in [6.07, 6.45) is 12.3. The van der Waals surface area contributed by atoms with E-state index in [0.29, 0.717) is 5.92 Å². The molecule has 6 aromatic carbocycles. The van der Waals surface area contributed by atoms with E-state index < -0.39 is 0 Å². The Bertz CT molecular complexity index is 2250. The highest BCUT2D eigenvalue weighted by Gasteiger charge is 2.41. The molecule has 0 aromatic heterocycles. The van der Waals surface area contributed by atoms with Gasteiger partial charge in [0.1, 0.15) is 0 Å². The fraction of sp³-hybridized carbons (Fsp3) is 0.320. The van der Waals surface area contributed by atoms with Gasteiger partial charge in [-0.2, -0.15) is 0 Å². The molecule has 0 radical (unpaired) electrons. The van der Waals surface area contributed by atoms with Crippen LogP contribution in [-0.2, 0) is 5.41 Å². The van der Waals surface area contributed by atoms with Gasteiger partial charge in [-0.05, 0) is 141 Å². The van der Waals surface area contributed by atoms with Crippen molar-refractivity contribution in [2.45, 2.75) is 88.9 Å². The van der Waals surface area contributed by atoms with Crippen LogP contribution in [0.4, 0.5) is 17.1 Å². The van der Waals surface area contributed by atoms with Gasteiger partial charge in [-0.25, -0.2) is 0 Å². The highest BCUT2D eigenvalue weighted by molar-refractivity contribution is 6.04. The first-order valence-corrected chi connectivity index (χ1v) is 19.8. The molecular weight excluding hydrogens is 615 g/mol. The van der Waals surface area contributed by atoms with E-state index in [0.717, 1.165) is 17.8 Å². The summed E-state index contributed by atoms with van der Waals surface area (Å²) < 4.78 is 0. The standard InChI is InChI=1S/C50H49N/c1-50(2)46-21-10-8-19-43(46)49-45(42-20-12-16-34-15-6-7-17-40(34)42)31-39(32-47(49)50)51(48-22-11-9-18-41(48)35-13-4-3-5-14-35)38-27-25-36(26-28-38)44-30-33-23-24-37(44)29-33/h6-12,15-22,25-28,31-33,35,37,44H,3-5,13-14,23-24,29-30H2,1-2H3. The fourth-order valence-corrected chi connectivity index (χ4v) is 11.0. The van der Waals surface area contributed by atoms with Crippen molar-refractivity contribution >= 4 is 27.8 Å². The van der Waals surface area contributed by atoms with Gasteiger partial charge in [-0.1, -0.05) is 137 Å². The average Bonchev–Trinajstić information content (AvgIpc) is 3.88. The Morgan fingerprint density at radius 2 is 1.31 bits per heavy atom. The first kappa shape index (κ1) is 31.1. The zero-order valence-electron chi connectivity index (χ0n) is 30.2. The molecule has 0 amide bonds. The Balaban J connectivity index is 1.21. The maximum atomic E-state index is 2.63. The minimum absolute atomic E-state index is 0.124. The van der Waals surface area contributed by atoms with Crippen LogP contribution in [0.1, 0.15) is 106 Å². The van der Waals surface area contributed by atoms with Gasteiger partial charge < -0.3 is 4.90 Å². The molecule has 4 aliphatic carbocycles. The van der Waals surface area contributed by atoms with Crippen LogP contribution < -0.4 is 4.90 Å². The van der Waals surface area contributed by atoms with Crippen molar-refractivity contribution in [1.29, 1.82) is 0 Å². The van der Waals surface area contributed by atoms with Gasteiger partial charge in [-0.3, -0.25) is 0 Å². The number of nitrogens with zero attached hydrogens (tertiary/aromatic N) is 1. The van der Waals surface area contributed by atoms with Crippen LogP contribution in [0.2, 0.25) is 0 Å². The molecule has 0 saturated heterocycles. The minimum Gasteiger partial charge on any atom is -0.310 e. The summed E-state index contributed by atoms with van der Waals surface area (Å²) >= 11 is 0. The minimum atomic E-state index is -0.124. The van der Waals surface area contributed by atoms with Crippen LogP contribution in [0.5, 0.6) is 0 Å². The Labute approximate surface area is 304 Å². The molecule has 3 saturated carbocycles. The molecule has 254 valence electrons. The molecule has 0 aliphatic heterocycles. The van der Waals surface area contributed by atoms with Crippen molar-refractivity contribution in [2.75, 3.05) is 4.90 Å². The topological polar surface area (TPSA) is 3.24 Å². The van der Waals surface area contributed by atoms with Crippen LogP contribution in [-0.4, -0.2) is 0 Å². The number of para-hydroxylation sites is 1. The molecule has 1 heteroatoms. The highest BCUT2D eigenvalue weighted by atomic mass is 15.1. The van der Waals surface area contributed by atoms with Crippen LogP contribution in [0.3, 0.4) is 0 Å². The third-order valence-corrected chi connectivity index (χ3v) is 13.5. The van der Waals surface area contributed by atoms with E-state index in [2.05, 4.69) is 146 Å². The molecule has 3 atom stereocenters. The van der Waals surface area contributed by atoms with Crippen LogP contribution in [0.25, 0.3) is 33.0 Å². The largest absolute Gasteiger partial charge is 0.310 e. The lowest BCUT2D eigenvalue weighted by molar-refractivity contribution is 0.420. The van der Waals surface area contributed by atoms with Crippen molar-refractivity contribution in [3.05, 3.63) is 150 Å². The molecule has 4 aliphatic rings. The Kier molecular flexibility index (Phi) is 7.49. The molecule has 6 aromatic rings.